The molecule has 1 saturated heterocycles. The number of nitrogens with zero attached hydrogens (tertiary/aromatic N) is 5. The van der Waals surface area contributed by atoms with Crippen LogP contribution < -0.4 is 0 Å². The first-order chi connectivity index (χ1) is 13.1. The van der Waals surface area contributed by atoms with Crippen LogP contribution in [0.15, 0.2) is 27.3 Å². The third kappa shape index (κ3) is 3.45. The molecule has 3 aromatic heterocycles. The van der Waals surface area contributed by atoms with Crippen LogP contribution >= 0.6 is 0 Å². The van der Waals surface area contributed by atoms with Crippen molar-refractivity contribution in [2.24, 2.45) is 0 Å². The first-order valence-electron chi connectivity index (χ1n) is 8.35. The predicted octanol–water partition coefficient (Wildman–Crippen LogP) is 2.41. The Bertz CT molecular complexity index is 1010. The monoisotopic (exact) mass is 369 g/mol. The molecule has 1 aliphatic heterocycles. The maximum atomic E-state index is 10.9. The SMILES string of the molecule is N#Cc1nccc2cc(-c3nc(COC4CCN(C(=O)O)CC4)no3)oc12. The lowest BCUT2D eigenvalue weighted by Crippen LogP contribution is -2.40. The van der Waals surface area contributed by atoms with Gasteiger partial charge in [-0.15, -0.1) is 0 Å². The summed E-state index contributed by atoms with van der Waals surface area (Å²) >= 11 is 0. The number of fused-ring (bicyclic) bond motifs is 1. The number of nitriles is 1. The molecule has 4 heterocycles. The summed E-state index contributed by atoms with van der Waals surface area (Å²) in [5, 5.41) is 22.6. The predicted molar refractivity (Wildman–Crippen MR) is 89.4 cm³/mol. The highest BCUT2D eigenvalue weighted by Gasteiger charge is 2.23. The Hall–Kier alpha value is -3.45. The number of carbonyl (C=O) groups is 1. The summed E-state index contributed by atoms with van der Waals surface area (Å²) in [6, 6.07) is 5.41. The van der Waals surface area contributed by atoms with Gasteiger partial charge in [-0.05, 0) is 25.0 Å². The number of ether oxygens (including phenoxy) is 1. The number of hydrogen-bond acceptors (Lipinski definition) is 8. The van der Waals surface area contributed by atoms with Crippen LogP contribution in [0.1, 0.15) is 24.4 Å². The van der Waals surface area contributed by atoms with Crippen LogP contribution in [0.3, 0.4) is 0 Å². The summed E-state index contributed by atoms with van der Waals surface area (Å²) in [4.78, 5) is 20.5. The molecule has 1 amide bonds. The molecule has 4 rings (SSSR count). The van der Waals surface area contributed by atoms with Crippen molar-refractivity contribution in [3.05, 3.63) is 29.8 Å². The molecule has 10 nitrogen and oxygen atoms in total. The van der Waals surface area contributed by atoms with Crippen LogP contribution in [0.5, 0.6) is 0 Å². The van der Waals surface area contributed by atoms with E-state index < -0.39 is 6.09 Å². The van der Waals surface area contributed by atoms with Gasteiger partial charge in [-0.3, -0.25) is 0 Å². The van der Waals surface area contributed by atoms with Crippen LogP contribution in [0, 0.1) is 11.3 Å². The minimum atomic E-state index is -0.906. The van der Waals surface area contributed by atoms with Gasteiger partial charge in [0.1, 0.15) is 12.7 Å². The van der Waals surface area contributed by atoms with Gasteiger partial charge in [-0.25, -0.2) is 9.78 Å². The standard InChI is InChI=1S/C17H15N5O5/c18-8-12-15-10(1-4-19-12)7-13(26-15)16-20-14(21-27-16)9-25-11-2-5-22(6-3-11)17(23)24/h1,4,7,11H,2-3,5-6,9H2,(H,23,24). The maximum Gasteiger partial charge on any atom is 0.407 e. The first kappa shape index (κ1) is 17.0. The quantitative estimate of drug-likeness (QED) is 0.734. The average Bonchev–Trinajstić information content (AvgIpc) is 3.33. The van der Waals surface area contributed by atoms with Gasteiger partial charge in [0.25, 0.3) is 5.89 Å². The van der Waals surface area contributed by atoms with Crippen LogP contribution in [-0.4, -0.2) is 50.4 Å². The van der Waals surface area contributed by atoms with Crippen molar-refractivity contribution in [3.63, 3.8) is 0 Å². The zero-order valence-electron chi connectivity index (χ0n) is 14.2. The highest BCUT2D eigenvalue weighted by Crippen LogP contribution is 2.28. The summed E-state index contributed by atoms with van der Waals surface area (Å²) in [6.45, 7) is 1.06. The second-order valence-corrected chi connectivity index (χ2v) is 6.10. The van der Waals surface area contributed by atoms with Gasteiger partial charge in [-0.2, -0.15) is 10.2 Å². The number of hydrogen-bond donors (Lipinski definition) is 1. The fourth-order valence-electron chi connectivity index (χ4n) is 2.97. The molecule has 0 saturated carbocycles. The second-order valence-electron chi connectivity index (χ2n) is 6.10. The van der Waals surface area contributed by atoms with E-state index in [1.165, 1.54) is 11.1 Å². The van der Waals surface area contributed by atoms with E-state index >= 15 is 0 Å². The van der Waals surface area contributed by atoms with Gasteiger partial charge in [0.2, 0.25) is 0 Å². The molecule has 0 bridgehead atoms. The van der Waals surface area contributed by atoms with E-state index in [0.717, 1.165) is 5.39 Å². The second kappa shape index (κ2) is 7.05. The molecule has 10 heteroatoms. The molecule has 138 valence electrons. The molecule has 1 aliphatic rings. The summed E-state index contributed by atoms with van der Waals surface area (Å²) in [5.74, 6) is 0.905. The van der Waals surface area contributed by atoms with E-state index in [1.54, 1.807) is 12.1 Å². The zero-order valence-corrected chi connectivity index (χ0v) is 14.2. The fraction of sp³-hybridized carbons (Fsp3) is 0.353. The molecule has 0 aliphatic carbocycles. The van der Waals surface area contributed by atoms with Crippen LogP contribution in [0.2, 0.25) is 0 Å². The van der Waals surface area contributed by atoms with Crippen molar-refractivity contribution in [1.82, 2.24) is 20.0 Å². The molecule has 27 heavy (non-hydrogen) atoms. The van der Waals surface area contributed by atoms with E-state index in [-0.39, 0.29) is 24.3 Å². The third-order valence-corrected chi connectivity index (χ3v) is 4.38. The fourth-order valence-corrected chi connectivity index (χ4v) is 2.97. The minimum absolute atomic E-state index is 0.0435. The molecule has 0 spiro atoms. The van der Waals surface area contributed by atoms with Crippen molar-refractivity contribution >= 4 is 17.1 Å². The summed E-state index contributed by atoms with van der Waals surface area (Å²) in [7, 11) is 0. The number of amides is 1. The van der Waals surface area contributed by atoms with E-state index in [9.17, 15) is 4.79 Å². The van der Waals surface area contributed by atoms with Crippen molar-refractivity contribution in [1.29, 1.82) is 5.26 Å². The molecule has 0 aromatic carbocycles. The van der Waals surface area contributed by atoms with Gasteiger partial charge in [0.05, 0.1) is 6.10 Å². The molecule has 0 unspecified atom stereocenters. The highest BCUT2D eigenvalue weighted by atomic mass is 16.5. The van der Waals surface area contributed by atoms with Crippen molar-refractivity contribution in [2.75, 3.05) is 13.1 Å². The Morgan fingerprint density at radius 3 is 3.00 bits per heavy atom. The minimum Gasteiger partial charge on any atom is -0.465 e. The van der Waals surface area contributed by atoms with Crippen molar-refractivity contribution < 1.29 is 23.6 Å². The molecule has 0 radical (unpaired) electrons. The van der Waals surface area contributed by atoms with Gasteiger partial charge in [0, 0.05) is 24.7 Å². The van der Waals surface area contributed by atoms with Gasteiger partial charge >= 0.3 is 6.09 Å². The Balaban J connectivity index is 1.41. The largest absolute Gasteiger partial charge is 0.465 e. The Morgan fingerprint density at radius 1 is 1.44 bits per heavy atom. The Kier molecular flexibility index (Phi) is 4.43. The number of pyridine rings is 1. The molecular weight excluding hydrogens is 354 g/mol. The zero-order chi connectivity index (χ0) is 18.8. The van der Waals surface area contributed by atoms with E-state index in [2.05, 4.69) is 15.1 Å². The topological polar surface area (TPSA) is 139 Å². The Morgan fingerprint density at radius 2 is 2.26 bits per heavy atom. The lowest BCUT2D eigenvalue weighted by atomic mass is 10.1. The molecule has 0 atom stereocenters. The summed E-state index contributed by atoms with van der Waals surface area (Å²) < 4.78 is 16.6. The smallest absolute Gasteiger partial charge is 0.407 e. The number of furan rings is 1. The molecule has 1 N–H and O–H groups in total. The number of carboxylic acid groups (broad SMARTS) is 1. The lowest BCUT2D eigenvalue weighted by Gasteiger charge is -2.29. The number of aromatic nitrogens is 3. The molecule has 1 fully saturated rings. The first-order valence-corrected chi connectivity index (χ1v) is 8.35. The number of piperidine rings is 1. The van der Waals surface area contributed by atoms with Gasteiger partial charge in [0.15, 0.2) is 22.9 Å². The Labute approximate surface area is 153 Å². The van der Waals surface area contributed by atoms with E-state index in [0.29, 0.717) is 43.1 Å². The van der Waals surface area contributed by atoms with E-state index in [1.807, 2.05) is 6.07 Å². The maximum absolute atomic E-state index is 10.9. The molecular formula is C17H15N5O5. The van der Waals surface area contributed by atoms with Crippen molar-refractivity contribution in [2.45, 2.75) is 25.6 Å². The van der Waals surface area contributed by atoms with Gasteiger partial charge < -0.3 is 23.7 Å². The average molecular weight is 369 g/mol. The van der Waals surface area contributed by atoms with Crippen LogP contribution in [0.4, 0.5) is 4.79 Å². The highest BCUT2D eigenvalue weighted by molar-refractivity contribution is 5.84. The number of likely N-dealkylation sites (tertiary alicyclic amines) is 1. The summed E-state index contributed by atoms with van der Waals surface area (Å²) in [6.07, 6.45) is 1.84. The third-order valence-electron chi connectivity index (χ3n) is 4.38. The normalized spacial score (nSPS) is 15.1. The number of rotatable bonds is 4. The summed E-state index contributed by atoms with van der Waals surface area (Å²) in [5.41, 5.74) is 0.561. The van der Waals surface area contributed by atoms with E-state index in [4.69, 9.17) is 24.0 Å². The van der Waals surface area contributed by atoms with Gasteiger partial charge in [-0.1, -0.05) is 5.16 Å². The lowest BCUT2D eigenvalue weighted by molar-refractivity contribution is -0.00294. The van der Waals surface area contributed by atoms with Crippen molar-refractivity contribution in [3.8, 4) is 17.7 Å². The van der Waals surface area contributed by atoms with Crippen LogP contribution in [-0.2, 0) is 11.3 Å². The molecule has 3 aromatic rings. The van der Waals surface area contributed by atoms with Crippen LogP contribution in [0.25, 0.3) is 22.6 Å².